The van der Waals surface area contributed by atoms with Crippen molar-refractivity contribution in [3.8, 4) is 0 Å². The monoisotopic (exact) mass is 361 g/mol. The summed E-state index contributed by atoms with van der Waals surface area (Å²) in [6, 6.07) is 13.1. The number of nitrogens with one attached hydrogen (secondary N) is 1. The molecule has 7 heteroatoms. The van der Waals surface area contributed by atoms with Crippen LogP contribution in [0.2, 0.25) is 0 Å². The first-order valence-electron chi connectivity index (χ1n) is 8.36. The summed E-state index contributed by atoms with van der Waals surface area (Å²) in [5, 5.41) is 9.56. The molecular formula is C18H23N3O3S. The third-order valence-corrected chi connectivity index (χ3v) is 5.50. The Labute approximate surface area is 148 Å². The number of aliphatic hydroxyl groups excluding tert-OH is 1. The minimum atomic E-state index is -3.42. The Bertz CT molecular complexity index is 779. The van der Waals surface area contributed by atoms with Gasteiger partial charge in [-0.3, -0.25) is 9.88 Å². The van der Waals surface area contributed by atoms with Crippen LogP contribution in [0.5, 0.6) is 0 Å². The van der Waals surface area contributed by atoms with E-state index in [0.29, 0.717) is 5.69 Å². The van der Waals surface area contributed by atoms with Gasteiger partial charge in [0.1, 0.15) is 5.75 Å². The van der Waals surface area contributed by atoms with Gasteiger partial charge in [-0.15, -0.1) is 0 Å². The molecule has 0 amide bonds. The van der Waals surface area contributed by atoms with Crippen molar-refractivity contribution in [2.45, 2.75) is 31.4 Å². The van der Waals surface area contributed by atoms with Gasteiger partial charge >= 0.3 is 0 Å². The quantitative estimate of drug-likeness (QED) is 0.776. The number of pyridine rings is 1. The average Bonchev–Trinajstić information content (AvgIpc) is 3.00. The Morgan fingerprint density at radius 2 is 1.92 bits per heavy atom. The van der Waals surface area contributed by atoms with E-state index in [9.17, 15) is 13.5 Å². The molecule has 3 rings (SSSR count). The SMILES string of the molecule is O=S(=O)(Cc1ccccn1)NCc1ccc(CN2CCC(O)C2)cc1. The lowest BCUT2D eigenvalue weighted by Crippen LogP contribution is -2.25. The Hall–Kier alpha value is -1.80. The predicted octanol–water partition coefficient (Wildman–Crippen LogP) is 1.27. The number of sulfonamides is 1. The highest BCUT2D eigenvalue weighted by Gasteiger charge is 2.19. The van der Waals surface area contributed by atoms with E-state index in [0.717, 1.165) is 37.2 Å². The topological polar surface area (TPSA) is 82.5 Å². The van der Waals surface area contributed by atoms with E-state index in [1.54, 1.807) is 24.4 Å². The molecule has 0 spiro atoms. The molecule has 0 aliphatic carbocycles. The van der Waals surface area contributed by atoms with E-state index in [-0.39, 0.29) is 18.4 Å². The molecule has 1 saturated heterocycles. The van der Waals surface area contributed by atoms with Crippen molar-refractivity contribution in [2.75, 3.05) is 13.1 Å². The maximum absolute atomic E-state index is 12.1. The highest BCUT2D eigenvalue weighted by atomic mass is 32.2. The number of aromatic nitrogens is 1. The Morgan fingerprint density at radius 1 is 1.16 bits per heavy atom. The van der Waals surface area contributed by atoms with Gasteiger partial charge in [0, 0.05) is 32.4 Å². The molecule has 134 valence electrons. The van der Waals surface area contributed by atoms with E-state index in [1.165, 1.54) is 0 Å². The van der Waals surface area contributed by atoms with Crippen LogP contribution in [0.1, 0.15) is 23.2 Å². The first-order valence-corrected chi connectivity index (χ1v) is 10.0. The van der Waals surface area contributed by atoms with Gasteiger partial charge in [0.2, 0.25) is 10.0 Å². The molecule has 25 heavy (non-hydrogen) atoms. The lowest BCUT2D eigenvalue weighted by molar-refractivity contribution is 0.175. The van der Waals surface area contributed by atoms with E-state index < -0.39 is 10.0 Å². The Kier molecular flexibility index (Phi) is 5.80. The zero-order valence-electron chi connectivity index (χ0n) is 14.0. The van der Waals surface area contributed by atoms with Gasteiger partial charge in [0.25, 0.3) is 0 Å². The molecular weight excluding hydrogens is 338 g/mol. The zero-order valence-corrected chi connectivity index (χ0v) is 14.8. The molecule has 1 unspecified atom stereocenters. The average molecular weight is 361 g/mol. The fourth-order valence-electron chi connectivity index (χ4n) is 2.90. The summed E-state index contributed by atoms with van der Waals surface area (Å²) < 4.78 is 26.9. The van der Waals surface area contributed by atoms with Crippen LogP contribution in [0.25, 0.3) is 0 Å². The number of nitrogens with zero attached hydrogens (tertiary/aromatic N) is 2. The van der Waals surface area contributed by atoms with Gasteiger partial charge in [-0.2, -0.15) is 0 Å². The molecule has 0 bridgehead atoms. The maximum Gasteiger partial charge on any atom is 0.217 e. The molecule has 1 fully saturated rings. The van der Waals surface area contributed by atoms with Gasteiger partial charge in [-0.1, -0.05) is 30.3 Å². The highest BCUT2D eigenvalue weighted by Crippen LogP contribution is 2.14. The van der Waals surface area contributed by atoms with Gasteiger partial charge in [0.15, 0.2) is 0 Å². The van der Waals surface area contributed by atoms with Crippen molar-refractivity contribution >= 4 is 10.0 Å². The maximum atomic E-state index is 12.1. The largest absolute Gasteiger partial charge is 0.392 e. The number of likely N-dealkylation sites (tertiary alicyclic amines) is 1. The molecule has 1 aromatic heterocycles. The van der Waals surface area contributed by atoms with Crippen LogP contribution in [-0.2, 0) is 28.9 Å². The summed E-state index contributed by atoms with van der Waals surface area (Å²) in [6.07, 6.45) is 2.20. The second kappa shape index (κ2) is 8.05. The minimum absolute atomic E-state index is 0.122. The van der Waals surface area contributed by atoms with Gasteiger partial charge in [-0.05, 0) is 29.7 Å². The highest BCUT2D eigenvalue weighted by molar-refractivity contribution is 7.88. The van der Waals surface area contributed by atoms with Crippen LogP contribution < -0.4 is 4.72 Å². The lowest BCUT2D eigenvalue weighted by Gasteiger charge is -2.15. The number of benzene rings is 1. The predicted molar refractivity (Wildman–Crippen MR) is 96.0 cm³/mol. The van der Waals surface area contributed by atoms with Crippen LogP contribution in [0.15, 0.2) is 48.7 Å². The molecule has 1 atom stereocenters. The Balaban J connectivity index is 1.51. The summed E-state index contributed by atoms with van der Waals surface area (Å²) in [5.41, 5.74) is 2.60. The number of rotatable bonds is 7. The van der Waals surface area contributed by atoms with Gasteiger partial charge < -0.3 is 5.11 Å². The minimum Gasteiger partial charge on any atom is -0.392 e. The lowest BCUT2D eigenvalue weighted by atomic mass is 10.1. The third-order valence-electron chi connectivity index (χ3n) is 4.24. The van der Waals surface area contributed by atoms with Crippen LogP contribution in [0.4, 0.5) is 0 Å². The first kappa shape index (κ1) is 18.0. The van der Waals surface area contributed by atoms with Gasteiger partial charge in [-0.25, -0.2) is 13.1 Å². The van der Waals surface area contributed by atoms with E-state index in [1.807, 2.05) is 24.3 Å². The molecule has 2 aromatic rings. The first-order chi connectivity index (χ1) is 12.0. The number of β-amino-alcohol motifs (C(OH)–C–C–N with tert-alkyl or cyclic N) is 1. The molecule has 2 heterocycles. The second-order valence-corrected chi connectivity index (χ2v) is 8.20. The fraction of sp³-hybridized carbons (Fsp3) is 0.389. The summed E-state index contributed by atoms with van der Waals surface area (Å²) in [4.78, 5) is 6.26. The third kappa shape index (κ3) is 5.61. The zero-order chi connectivity index (χ0) is 17.7. The molecule has 0 radical (unpaired) electrons. The number of aliphatic hydroxyl groups is 1. The molecule has 0 saturated carbocycles. The Morgan fingerprint density at radius 3 is 2.56 bits per heavy atom. The fourth-order valence-corrected chi connectivity index (χ4v) is 3.95. The van der Waals surface area contributed by atoms with Crippen molar-refractivity contribution in [3.05, 3.63) is 65.5 Å². The molecule has 1 aliphatic rings. The number of hydrogen-bond donors (Lipinski definition) is 2. The summed E-state index contributed by atoms with van der Waals surface area (Å²) in [6.45, 7) is 2.70. The summed E-state index contributed by atoms with van der Waals surface area (Å²) >= 11 is 0. The van der Waals surface area contributed by atoms with Crippen LogP contribution in [0, 0.1) is 0 Å². The van der Waals surface area contributed by atoms with Crippen molar-refractivity contribution in [1.29, 1.82) is 0 Å². The van der Waals surface area contributed by atoms with Crippen LogP contribution >= 0.6 is 0 Å². The van der Waals surface area contributed by atoms with E-state index >= 15 is 0 Å². The van der Waals surface area contributed by atoms with Crippen LogP contribution in [0.3, 0.4) is 0 Å². The van der Waals surface area contributed by atoms with E-state index in [4.69, 9.17) is 0 Å². The molecule has 6 nitrogen and oxygen atoms in total. The van der Waals surface area contributed by atoms with Crippen molar-refractivity contribution in [2.24, 2.45) is 0 Å². The standard InChI is InChI=1S/C18H23N3O3S/c22-18-8-10-21(13-18)12-16-6-4-15(5-7-16)11-20-25(23,24)14-17-3-1-2-9-19-17/h1-7,9,18,20,22H,8,10-14H2. The molecule has 1 aliphatic heterocycles. The molecule has 2 N–H and O–H groups in total. The van der Waals surface area contributed by atoms with Crippen LogP contribution in [-0.4, -0.2) is 42.6 Å². The normalized spacial score (nSPS) is 18.5. The van der Waals surface area contributed by atoms with E-state index in [2.05, 4.69) is 14.6 Å². The van der Waals surface area contributed by atoms with Gasteiger partial charge in [0.05, 0.1) is 11.8 Å². The smallest absolute Gasteiger partial charge is 0.217 e. The van der Waals surface area contributed by atoms with Crippen molar-refractivity contribution in [1.82, 2.24) is 14.6 Å². The molecule has 1 aromatic carbocycles. The summed E-state index contributed by atoms with van der Waals surface area (Å²) in [7, 11) is -3.42. The second-order valence-electron chi connectivity index (χ2n) is 6.40. The van der Waals surface area contributed by atoms with Crippen molar-refractivity contribution < 1.29 is 13.5 Å². The summed E-state index contributed by atoms with van der Waals surface area (Å²) in [5.74, 6) is -0.122. The number of hydrogen-bond acceptors (Lipinski definition) is 5. The van der Waals surface area contributed by atoms with Crippen molar-refractivity contribution in [3.63, 3.8) is 0 Å².